The molecule has 2 rings (SSSR count). The highest BCUT2D eigenvalue weighted by Crippen LogP contribution is 2.23. The van der Waals surface area contributed by atoms with Crippen molar-refractivity contribution in [2.75, 3.05) is 27.2 Å². The first-order valence-electron chi connectivity index (χ1n) is 10.1. The van der Waals surface area contributed by atoms with Crippen LogP contribution in [0.15, 0.2) is 0 Å². The lowest BCUT2D eigenvalue weighted by atomic mass is 9.86. The van der Waals surface area contributed by atoms with Crippen molar-refractivity contribution >= 4 is 11.7 Å². The Morgan fingerprint density at radius 1 is 1.15 bits per heavy atom. The van der Waals surface area contributed by atoms with Gasteiger partial charge in [0.15, 0.2) is 0 Å². The minimum atomic E-state index is -0.306. The molecule has 1 aliphatic heterocycles. The second kappa shape index (κ2) is 9.44. The van der Waals surface area contributed by atoms with Crippen LogP contribution in [-0.4, -0.2) is 63.7 Å². The maximum atomic E-state index is 13.1. The number of carbonyl (C=O) groups is 2. The molecule has 2 unspecified atom stereocenters. The lowest BCUT2D eigenvalue weighted by Crippen LogP contribution is -2.40. The Bertz CT molecular complexity index is 653. The molecule has 0 radical (unpaired) electrons. The molecule has 0 bridgehead atoms. The maximum absolute atomic E-state index is 13.1. The number of amides is 1. The van der Waals surface area contributed by atoms with E-state index in [2.05, 4.69) is 29.3 Å². The molecule has 1 aliphatic rings. The molecule has 2 heterocycles. The summed E-state index contributed by atoms with van der Waals surface area (Å²) in [6, 6.07) is 0. The Morgan fingerprint density at radius 3 is 2.48 bits per heavy atom. The molecule has 2 atom stereocenters. The van der Waals surface area contributed by atoms with Gasteiger partial charge in [0.25, 0.3) is 0 Å². The number of nitrogens with zero attached hydrogens (tertiary/aromatic N) is 5. The SMILES string of the molecule is CC(C)C(=O)C(C)C(C)C(=O)N1CCCc2nnn(CCCN(C)C)c2C1. The number of hydrogen-bond acceptors (Lipinski definition) is 5. The average molecular weight is 378 g/mol. The third kappa shape index (κ3) is 5.37. The first-order chi connectivity index (χ1) is 12.7. The van der Waals surface area contributed by atoms with Gasteiger partial charge < -0.3 is 9.80 Å². The number of fused-ring (bicyclic) bond motifs is 1. The van der Waals surface area contributed by atoms with E-state index < -0.39 is 0 Å². The van der Waals surface area contributed by atoms with E-state index in [0.29, 0.717) is 13.1 Å². The Morgan fingerprint density at radius 2 is 1.85 bits per heavy atom. The Balaban J connectivity index is 2.09. The third-order valence-corrected chi connectivity index (χ3v) is 5.54. The van der Waals surface area contributed by atoms with E-state index in [1.807, 2.05) is 37.3 Å². The summed E-state index contributed by atoms with van der Waals surface area (Å²) in [5.41, 5.74) is 2.06. The monoisotopic (exact) mass is 377 g/mol. The van der Waals surface area contributed by atoms with E-state index in [-0.39, 0.29) is 29.4 Å². The van der Waals surface area contributed by atoms with Gasteiger partial charge in [-0.15, -0.1) is 5.10 Å². The van der Waals surface area contributed by atoms with Crippen LogP contribution in [0.3, 0.4) is 0 Å². The van der Waals surface area contributed by atoms with Gasteiger partial charge in [-0.2, -0.15) is 0 Å². The molecule has 0 saturated carbocycles. The van der Waals surface area contributed by atoms with Gasteiger partial charge in [0.05, 0.1) is 17.9 Å². The van der Waals surface area contributed by atoms with Crippen LogP contribution in [0.2, 0.25) is 0 Å². The summed E-state index contributed by atoms with van der Waals surface area (Å²) in [5.74, 6) is -0.400. The molecule has 1 amide bonds. The molecule has 152 valence electrons. The molecule has 7 heteroatoms. The topological polar surface area (TPSA) is 71.3 Å². The quantitative estimate of drug-likeness (QED) is 0.693. The fraction of sp³-hybridized carbons (Fsp3) is 0.800. The van der Waals surface area contributed by atoms with E-state index in [1.54, 1.807) is 0 Å². The van der Waals surface area contributed by atoms with Gasteiger partial charge >= 0.3 is 0 Å². The van der Waals surface area contributed by atoms with Crippen molar-refractivity contribution in [3.8, 4) is 0 Å². The van der Waals surface area contributed by atoms with Gasteiger partial charge in [-0.3, -0.25) is 9.59 Å². The summed E-state index contributed by atoms with van der Waals surface area (Å²) < 4.78 is 1.96. The van der Waals surface area contributed by atoms with Crippen LogP contribution in [0.1, 0.15) is 51.9 Å². The van der Waals surface area contributed by atoms with Crippen LogP contribution in [-0.2, 0) is 29.1 Å². The lowest BCUT2D eigenvalue weighted by molar-refractivity contribution is -0.141. The summed E-state index contributed by atoms with van der Waals surface area (Å²) in [6.07, 6.45) is 2.73. The molecule has 1 aromatic heterocycles. The van der Waals surface area contributed by atoms with Gasteiger partial charge in [0.2, 0.25) is 5.91 Å². The Hall–Kier alpha value is -1.76. The fourth-order valence-corrected chi connectivity index (χ4v) is 3.61. The molecule has 1 aromatic rings. The molecule has 0 fully saturated rings. The standard InChI is InChI=1S/C20H35N5O2/c1-14(2)19(26)15(3)16(4)20(27)24-11-7-9-17-18(13-24)25(22-21-17)12-8-10-23(5)6/h14-16H,7-13H2,1-6H3. The molecule has 0 saturated heterocycles. The lowest BCUT2D eigenvalue weighted by Gasteiger charge is -2.28. The molecular formula is C20H35N5O2. The summed E-state index contributed by atoms with van der Waals surface area (Å²) in [7, 11) is 4.12. The van der Waals surface area contributed by atoms with Crippen LogP contribution in [0.25, 0.3) is 0 Å². The normalized spacial score (nSPS) is 17.0. The van der Waals surface area contributed by atoms with Gasteiger partial charge in [0, 0.05) is 30.8 Å². The first-order valence-corrected chi connectivity index (χ1v) is 10.1. The molecule has 7 nitrogen and oxygen atoms in total. The van der Waals surface area contributed by atoms with Crippen LogP contribution < -0.4 is 0 Å². The van der Waals surface area contributed by atoms with E-state index in [0.717, 1.165) is 43.7 Å². The van der Waals surface area contributed by atoms with Gasteiger partial charge in [-0.1, -0.05) is 32.9 Å². The molecule has 0 aliphatic carbocycles. The highest BCUT2D eigenvalue weighted by Gasteiger charge is 2.32. The second-order valence-electron chi connectivity index (χ2n) is 8.36. The summed E-state index contributed by atoms with van der Waals surface area (Å²) in [6.45, 7) is 10.6. The molecule has 0 aromatic carbocycles. The molecular weight excluding hydrogens is 342 g/mol. The van der Waals surface area contributed by atoms with E-state index in [4.69, 9.17) is 0 Å². The average Bonchev–Trinajstić information content (AvgIpc) is 2.87. The number of Topliss-reactive ketones (excluding diaryl/α,β-unsaturated/α-hetero) is 1. The van der Waals surface area contributed by atoms with Crippen molar-refractivity contribution in [2.24, 2.45) is 17.8 Å². The summed E-state index contributed by atoms with van der Waals surface area (Å²) in [5, 5.41) is 8.66. The third-order valence-electron chi connectivity index (χ3n) is 5.54. The van der Waals surface area contributed by atoms with E-state index in [1.165, 1.54) is 0 Å². The number of aromatic nitrogens is 3. The fourth-order valence-electron chi connectivity index (χ4n) is 3.61. The number of rotatable bonds is 8. The van der Waals surface area contributed by atoms with Crippen molar-refractivity contribution in [1.82, 2.24) is 24.8 Å². The number of ketones is 1. The van der Waals surface area contributed by atoms with E-state index in [9.17, 15) is 9.59 Å². The van der Waals surface area contributed by atoms with Crippen molar-refractivity contribution in [2.45, 2.75) is 60.0 Å². The zero-order chi connectivity index (χ0) is 20.1. The highest BCUT2D eigenvalue weighted by molar-refractivity contribution is 5.89. The summed E-state index contributed by atoms with van der Waals surface area (Å²) >= 11 is 0. The molecule has 27 heavy (non-hydrogen) atoms. The number of carbonyl (C=O) groups excluding carboxylic acids is 2. The van der Waals surface area contributed by atoms with Crippen molar-refractivity contribution < 1.29 is 9.59 Å². The minimum absolute atomic E-state index is 0.0479. The van der Waals surface area contributed by atoms with Gasteiger partial charge in [0.1, 0.15) is 5.78 Å². The van der Waals surface area contributed by atoms with Gasteiger partial charge in [-0.05, 0) is 39.9 Å². The van der Waals surface area contributed by atoms with Crippen LogP contribution >= 0.6 is 0 Å². The predicted molar refractivity (Wildman–Crippen MR) is 105 cm³/mol. The zero-order valence-corrected chi connectivity index (χ0v) is 17.7. The van der Waals surface area contributed by atoms with Crippen molar-refractivity contribution in [3.05, 3.63) is 11.4 Å². The van der Waals surface area contributed by atoms with Crippen LogP contribution in [0.5, 0.6) is 0 Å². The summed E-state index contributed by atoms with van der Waals surface area (Å²) in [4.78, 5) is 29.5. The molecule has 0 spiro atoms. The van der Waals surface area contributed by atoms with Crippen LogP contribution in [0.4, 0.5) is 0 Å². The van der Waals surface area contributed by atoms with Crippen LogP contribution in [0, 0.1) is 17.8 Å². The Kier molecular flexibility index (Phi) is 7.53. The first kappa shape index (κ1) is 21.5. The van der Waals surface area contributed by atoms with Gasteiger partial charge in [-0.25, -0.2) is 4.68 Å². The zero-order valence-electron chi connectivity index (χ0n) is 17.7. The minimum Gasteiger partial charge on any atom is -0.336 e. The number of hydrogen-bond donors (Lipinski definition) is 0. The Labute approximate surface area is 163 Å². The van der Waals surface area contributed by atoms with E-state index >= 15 is 0 Å². The predicted octanol–water partition coefficient (Wildman–Crippen LogP) is 2.00. The number of aryl methyl sites for hydroxylation is 2. The second-order valence-corrected chi connectivity index (χ2v) is 8.36. The highest BCUT2D eigenvalue weighted by atomic mass is 16.2. The van der Waals surface area contributed by atoms with Crippen molar-refractivity contribution in [3.63, 3.8) is 0 Å². The maximum Gasteiger partial charge on any atom is 0.226 e. The molecule has 0 N–H and O–H groups in total. The largest absolute Gasteiger partial charge is 0.336 e. The van der Waals surface area contributed by atoms with Crippen molar-refractivity contribution in [1.29, 1.82) is 0 Å². The smallest absolute Gasteiger partial charge is 0.226 e.